The highest BCUT2D eigenvalue weighted by molar-refractivity contribution is 7.19. The molecule has 1 aromatic heterocycles. The van der Waals surface area contributed by atoms with Crippen LogP contribution in [0.2, 0.25) is 0 Å². The van der Waals surface area contributed by atoms with Gasteiger partial charge in [0.05, 0.1) is 0 Å². The van der Waals surface area contributed by atoms with Crippen LogP contribution in [0.3, 0.4) is 0 Å². The lowest BCUT2D eigenvalue weighted by Gasteiger charge is -2.00. The number of aromatic carboxylic acids is 1. The van der Waals surface area contributed by atoms with Gasteiger partial charge < -0.3 is 10.8 Å². The molecule has 0 aliphatic carbocycles. The fourth-order valence-corrected chi connectivity index (χ4v) is 2.52. The average Bonchev–Trinajstić information content (AvgIpc) is 2.59. The number of nitrogens with zero attached hydrogens (tertiary/aromatic N) is 1. The summed E-state index contributed by atoms with van der Waals surface area (Å²) in [5, 5.41) is 9.79. The Balaban J connectivity index is 2.53. The van der Waals surface area contributed by atoms with E-state index < -0.39 is 5.97 Å². The zero-order valence-corrected chi connectivity index (χ0v) is 10.3. The van der Waals surface area contributed by atoms with Crippen LogP contribution in [0.4, 0.5) is 5.00 Å². The maximum atomic E-state index is 10.9. The summed E-state index contributed by atoms with van der Waals surface area (Å²) in [5.41, 5.74) is 8.71. The van der Waals surface area contributed by atoms with Crippen molar-refractivity contribution in [3.05, 3.63) is 35.0 Å². The average molecular weight is 248 g/mol. The molecule has 0 radical (unpaired) electrons. The van der Waals surface area contributed by atoms with Gasteiger partial charge in [0.2, 0.25) is 0 Å². The molecule has 0 saturated heterocycles. The Kier molecular flexibility index (Phi) is 2.85. The summed E-state index contributed by atoms with van der Waals surface area (Å²) in [5.74, 6) is -1.09. The van der Waals surface area contributed by atoms with Crippen LogP contribution in [0, 0.1) is 13.8 Å². The first-order valence-corrected chi connectivity index (χ1v) is 5.87. The zero-order valence-electron chi connectivity index (χ0n) is 9.52. The summed E-state index contributed by atoms with van der Waals surface area (Å²) in [4.78, 5) is 14.9. The van der Waals surface area contributed by atoms with Crippen LogP contribution in [0.15, 0.2) is 18.2 Å². The highest BCUT2D eigenvalue weighted by Gasteiger charge is 2.16. The van der Waals surface area contributed by atoms with Crippen molar-refractivity contribution in [3.8, 4) is 10.6 Å². The normalized spacial score (nSPS) is 10.5. The smallest absolute Gasteiger partial charge is 0.357 e. The lowest BCUT2D eigenvalue weighted by Crippen LogP contribution is -2.00. The van der Waals surface area contributed by atoms with Crippen LogP contribution >= 0.6 is 11.3 Å². The van der Waals surface area contributed by atoms with Gasteiger partial charge in [0, 0.05) is 5.56 Å². The Bertz CT molecular complexity index is 570. The summed E-state index contributed by atoms with van der Waals surface area (Å²) in [6.07, 6.45) is 0. The third-order valence-electron chi connectivity index (χ3n) is 2.32. The van der Waals surface area contributed by atoms with E-state index in [-0.39, 0.29) is 10.7 Å². The Labute approximate surface area is 103 Å². The van der Waals surface area contributed by atoms with Crippen LogP contribution < -0.4 is 5.73 Å². The van der Waals surface area contributed by atoms with Gasteiger partial charge in [-0.05, 0) is 26.0 Å². The summed E-state index contributed by atoms with van der Waals surface area (Å²) < 4.78 is 0. The summed E-state index contributed by atoms with van der Waals surface area (Å²) in [7, 11) is 0. The van der Waals surface area contributed by atoms with E-state index in [1.165, 1.54) is 11.3 Å². The lowest BCUT2D eigenvalue weighted by molar-refractivity contribution is 0.0692. The van der Waals surface area contributed by atoms with Crippen molar-refractivity contribution in [2.75, 3.05) is 5.73 Å². The number of aromatic nitrogens is 1. The number of nitrogen functional groups attached to an aromatic ring is 1. The molecule has 0 atom stereocenters. The highest BCUT2D eigenvalue weighted by atomic mass is 32.1. The number of rotatable bonds is 2. The second-order valence-corrected chi connectivity index (χ2v) is 4.94. The SMILES string of the molecule is Cc1cc(C)cc(-c2nc(C(=O)O)c(N)s2)c1. The minimum absolute atomic E-state index is 0.0656. The molecule has 0 amide bonds. The quantitative estimate of drug-likeness (QED) is 0.856. The van der Waals surface area contributed by atoms with Gasteiger partial charge in [-0.25, -0.2) is 9.78 Å². The molecule has 0 bridgehead atoms. The van der Waals surface area contributed by atoms with E-state index in [0.717, 1.165) is 16.7 Å². The van der Waals surface area contributed by atoms with Gasteiger partial charge in [0.1, 0.15) is 10.0 Å². The van der Waals surface area contributed by atoms with E-state index in [9.17, 15) is 4.79 Å². The lowest BCUT2D eigenvalue weighted by atomic mass is 10.1. The standard InChI is InChI=1S/C12H12N2O2S/c1-6-3-7(2)5-8(4-6)11-14-9(12(15)16)10(13)17-11/h3-5H,13H2,1-2H3,(H,15,16). The molecule has 2 aromatic rings. The topological polar surface area (TPSA) is 76.2 Å². The van der Waals surface area contributed by atoms with Gasteiger partial charge in [-0.1, -0.05) is 28.5 Å². The van der Waals surface area contributed by atoms with E-state index in [0.29, 0.717) is 5.01 Å². The van der Waals surface area contributed by atoms with Crippen molar-refractivity contribution < 1.29 is 9.90 Å². The second-order valence-electron chi connectivity index (χ2n) is 3.91. The number of hydrogen-bond acceptors (Lipinski definition) is 4. The highest BCUT2D eigenvalue weighted by Crippen LogP contribution is 2.31. The zero-order chi connectivity index (χ0) is 12.6. The fraction of sp³-hybridized carbons (Fsp3) is 0.167. The van der Waals surface area contributed by atoms with Crippen molar-refractivity contribution in [2.45, 2.75) is 13.8 Å². The molecule has 0 unspecified atom stereocenters. The Morgan fingerprint density at radius 1 is 1.29 bits per heavy atom. The molecule has 3 N–H and O–H groups in total. The minimum Gasteiger partial charge on any atom is -0.476 e. The first-order valence-electron chi connectivity index (χ1n) is 5.05. The number of benzene rings is 1. The molecule has 4 nitrogen and oxygen atoms in total. The number of carbonyl (C=O) groups is 1. The monoisotopic (exact) mass is 248 g/mol. The number of nitrogens with two attached hydrogens (primary N) is 1. The molecule has 1 heterocycles. The van der Waals surface area contributed by atoms with E-state index >= 15 is 0 Å². The second kappa shape index (κ2) is 4.18. The predicted molar refractivity (Wildman–Crippen MR) is 68.4 cm³/mol. The fourth-order valence-electron chi connectivity index (χ4n) is 1.71. The molecule has 0 spiro atoms. The summed E-state index contributed by atoms with van der Waals surface area (Å²) >= 11 is 1.20. The van der Waals surface area contributed by atoms with Crippen LogP contribution in [-0.4, -0.2) is 16.1 Å². The molecule has 0 aliphatic heterocycles. The number of carboxylic acids is 1. The first kappa shape index (κ1) is 11.6. The van der Waals surface area contributed by atoms with Crippen LogP contribution in [-0.2, 0) is 0 Å². The third-order valence-corrected chi connectivity index (χ3v) is 3.26. The number of carboxylic acid groups (broad SMARTS) is 1. The Hall–Kier alpha value is -1.88. The van der Waals surface area contributed by atoms with Crippen molar-refractivity contribution in [3.63, 3.8) is 0 Å². The minimum atomic E-state index is -1.09. The van der Waals surface area contributed by atoms with Gasteiger partial charge in [-0.2, -0.15) is 0 Å². The molecule has 0 fully saturated rings. The van der Waals surface area contributed by atoms with E-state index in [4.69, 9.17) is 10.8 Å². The predicted octanol–water partition coefficient (Wildman–Crippen LogP) is 2.71. The number of hydrogen-bond donors (Lipinski definition) is 2. The number of anilines is 1. The largest absolute Gasteiger partial charge is 0.476 e. The molecule has 2 rings (SSSR count). The van der Waals surface area contributed by atoms with Gasteiger partial charge >= 0.3 is 5.97 Å². The molecular weight excluding hydrogens is 236 g/mol. The van der Waals surface area contributed by atoms with Crippen LogP contribution in [0.25, 0.3) is 10.6 Å². The third kappa shape index (κ3) is 2.29. The summed E-state index contributed by atoms with van der Waals surface area (Å²) in [6, 6.07) is 5.99. The van der Waals surface area contributed by atoms with Crippen molar-refractivity contribution in [1.29, 1.82) is 0 Å². The van der Waals surface area contributed by atoms with Crippen LogP contribution in [0.5, 0.6) is 0 Å². The van der Waals surface area contributed by atoms with Gasteiger partial charge in [0.25, 0.3) is 0 Å². The molecule has 0 saturated carbocycles. The molecule has 5 heteroatoms. The van der Waals surface area contributed by atoms with Crippen LogP contribution in [0.1, 0.15) is 21.6 Å². The van der Waals surface area contributed by atoms with E-state index in [2.05, 4.69) is 11.1 Å². The number of aryl methyl sites for hydroxylation is 2. The van der Waals surface area contributed by atoms with Gasteiger partial charge in [-0.3, -0.25) is 0 Å². The van der Waals surface area contributed by atoms with Gasteiger partial charge in [-0.15, -0.1) is 0 Å². The first-order chi connectivity index (χ1) is 7.97. The van der Waals surface area contributed by atoms with Crippen molar-refractivity contribution in [1.82, 2.24) is 4.98 Å². The Morgan fingerprint density at radius 3 is 2.35 bits per heavy atom. The molecule has 88 valence electrons. The molecule has 0 aliphatic rings. The van der Waals surface area contributed by atoms with E-state index in [1.807, 2.05) is 26.0 Å². The van der Waals surface area contributed by atoms with Crippen molar-refractivity contribution in [2.24, 2.45) is 0 Å². The summed E-state index contributed by atoms with van der Waals surface area (Å²) in [6.45, 7) is 3.98. The van der Waals surface area contributed by atoms with Gasteiger partial charge in [0.15, 0.2) is 5.69 Å². The van der Waals surface area contributed by atoms with Crippen molar-refractivity contribution >= 4 is 22.3 Å². The maximum absolute atomic E-state index is 10.9. The Morgan fingerprint density at radius 2 is 1.88 bits per heavy atom. The maximum Gasteiger partial charge on any atom is 0.357 e. The molecular formula is C12H12N2O2S. The molecule has 1 aromatic carbocycles. The van der Waals surface area contributed by atoms with E-state index in [1.54, 1.807) is 0 Å². The molecule has 17 heavy (non-hydrogen) atoms. The number of thiazole rings is 1.